The van der Waals surface area contributed by atoms with E-state index in [-0.39, 0.29) is 46.2 Å². The lowest BCUT2D eigenvalue weighted by atomic mass is 10.1. The quantitative estimate of drug-likeness (QED) is 0.258. The van der Waals surface area contributed by atoms with Crippen molar-refractivity contribution in [2.75, 3.05) is 33.9 Å². The van der Waals surface area contributed by atoms with Gasteiger partial charge in [0.25, 0.3) is 0 Å². The number of hydrogen-bond donors (Lipinski definition) is 4. The summed E-state index contributed by atoms with van der Waals surface area (Å²) in [6.07, 6.45) is -1.24. The molecular formula is C28H27F4N5O4. The molecule has 9 nitrogen and oxygen atoms in total. The highest BCUT2D eigenvalue weighted by Gasteiger charge is 2.32. The monoisotopic (exact) mass is 573 g/mol. The molecule has 4 N–H and O–H groups in total. The van der Waals surface area contributed by atoms with E-state index in [0.29, 0.717) is 25.9 Å². The van der Waals surface area contributed by atoms with Crippen LogP contribution in [0.15, 0.2) is 54.7 Å². The van der Waals surface area contributed by atoms with Gasteiger partial charge in [-0.2, -0.15) is 13.2 Å². The molecule has 1 saturated heterocycles. The van der Waals surface area contributed by atoms with Crippen LogP contribution in [0.4, 0.5) is 45.2 Å². The zero-order chi connectivity index (χ0) is 29.1. The topological polar surface area (TPSA) is 116 Å². The summed E-state index contributed by atoms with van der Waals surface area (Å²) in [6, 6.07) is 8.95. The highest BCUT2D eigenvalue weighted by Crippen LogP contribution is 2.36. The Morgan fingerprint density at radius 2 is 1.66 bits per heavy atom. The van der Waals surface area contributed by atoms with E-state index in [0.717, 1.165) is 31.0 Å². The van der Waals surface area contributed by atoms with E-state index < -0.39 is 29.7 Å². The van der Waals surface area contributed by atoms with Gasteiger partial charge in [-0.05, 0) is 62.1 Å². The van der Waals surface area contributed by atoms with E-state index in [9.17, 15) is 32.3 Å². The fraction of sp³-hybridized carbons (Fsp3) is 0.321. The first kappa shape index (κ1) is 28.1. The molecule has 1 aliphatic carbocycles. The number of carbonyl (C=O) groups is 2. The predicted octanol–water partition coefficient (Wildman–Crippen LogP) is 5.99. The number of urea groups is 1. The van der Waals surface area contributed by atoms with Crippen LogP contribution in [0.25, 0.3) is 0 Å². The minimum absolute atomic E-state index is 0.0173. The van der Waals surface area contributed by atoms with Crippen LogP contribution in [-0.2, 0) is 11.0 Å². The van der Waals surface area contributed by atoms with Crippen LogP contribution in [-0.4, -0.2) is 41.2 Å². The summed E-state index contributed by atoms with van der Waals surface area (Å²) in [5.41, 5.74) is -0.728. The number of piperidine rings is 1. The van der Waals surface area contributed by atoms with Crippen molar-refractivity contribution in [3.8, 4) is 11.5 Å². The Labute approximate surface area is 232 Å². The molecule has 0 spiro atoms. The standard InChI is InChI=1S/C28H27F4N5O4/c29-23-14-18(3-4-24(23)41-22-5-8-33-25(15-22)36-26(39)16-1-2-16)34-27(40)35-19-11-17(28(30,31)32)12-20(13-19)37-9-6-21(38)7-10-37/h3-5,8,11-16,21,38H,1-2,6-7,9-10H2,(H,33,36,39)(H2,34,35,40). The molecule has 1 aliphatic heterocycles. The number of aliphatic hydroxyl groups excluding tert-OH is 1. The summed E-state index contributed by atoms with van der Waals surface area (Å²) in [4.78, 5) is 30.3. The molecule has 0 bridgehead atoms. The molecule has 1 aromatic heterocycles. The van der Waals surface area contributed by atoms with E-state index in [4.69, 9.17) is 4.74 Å². The lowest BCUT2D eigenvalue weighted by molar-refractivity contribution is -0.137. The van der Waals surface area contributed by atoms with Crippen LogP contribution in [0.2, 0.25) is 0 Å². The van der Waals surface area contributed by atoms with Crippen molar-refractivity contribution in [2.24, 2.45) is 5.92 Å². The van der Waals surface area contributed by atoms with E-state index in [1.807, 2.05) is 0 Å². The smallest absolute Gasteiger partial charge is 0.416 e. The molecule has 3 aromatic rings. The first-order valence-corrected chi connectivity index (χ1v) is 13.0. The number of rotatable bonds is 7. The molecule has 216 valence electrons. The number of benzene rings is 2. The fourth-order valence-electron chi connectivity index (χ4n) is 4.35. The van der Waals surface area contributed by atoms with Crippen molar-refractivity contribution in [1.82, 2.24) is 4.98 Å². The summed E-state index contributed by atoms with van der Waals surface area (Å²) in [7, 11) is 0. The third kappa shape index (κ3) is 7.42. The minimum atomic E-state index is -4.64. The van der Waals surface area contributed by atoms with Crippen molar-refractivity contribution in [2.45, 2.75) is 38.0 Å². The zero-order valence-corrected chi connectivity index (χ0v) is 21.7. The molecule has 2 fully saturated rings. The van der Waals surface area contributed by atoms with Crippen LogP contribution in [0.5, 0.6) is 11.5 Å². The van der Waals surface area contributed by atoms with Crippen LogP contribution in [0.1, 0.15) is 31.2 Å². The van der Waals surface area contributed by atoms with Gasteiger partial charge in [0.1, 0.15) is 11.6 Å². The van der Waals surface area contributed by atoms with E-state index in [1.54, 1.807) is 4.90 Å². The first-order chi connectivity index (χ1) is 19.5. The van der Waals surface area contributed by atoms with Gasteiger partial charge < -0.3 is 30.7 Å². The van der Waals surface area contributed by atoms with Crippen LogP contribution < -0.4 is 25.6 Å². The minimum Gasteiger partial charge on any atom is -0.454 e. The maximum absolute atomic E-state index is 14.8. The van der Waals surface area contributed by atoms with Gasteiger partial charge in [-0.15, -0.1) is 0 Å². The molecule has 41 heavy (non-hydrogen) atoms. The lowest BCUT2D eigenvalue weighted by Gasteiger charge is -2.32. The number of halogens is 4. The van der Waals surface area contributed by atoms with Gasteiger partial charge in [0.05, 0.1) is 11.7 Å². The number of anilines is 4. The Hall–Kier alpha value is -4.39. The van der Waals surface area contributed by atoms with E-state index in [2.05, 4.69) is 20.9 Å². The molecule has 2 aromatic carbocycles. The van der Waals surface area contributed by atoms with Crippen LogP contribution in [0, 0.1) is 11.7 Å². The Bertz CT molecular complexity index is 1440. The molecule has 1 saturated carbocycles. The Morgan fingerprint density at radius 3 is 2.34 bits per heavy atom. The lowest BCUT2D eigenvalue weighted by Crippen LogP contribution is -2.36. The largest absolute Gasteiger partial charge is 0.454 e. The number of carbonyl (C=O) groups excluding carboxylic acids is 2. The number of nitrogens with one attached hydrogen (secondary N) is 3. The molecule has 0 radical (unpaired) electrons. The number of hydrogen-bond acceptors (Lipinski definition) is 6. The third-order valence-corrected chi connectivity index (χ3v) is 6.68. The van der Waals surface area contributed by atoms with Crippen molar-refractivity contribution >= 4 is 34.8 Å². The van der Waals surface area contributed by atoms with Crippen molar-refractivity contribution < 1.29 is 37.0 Å². The average Bonchev–Trinajstić information content (AvgIpc) is 3.76. The summed E-state index contributed by atoms with van der Waals surface area (Å²) < 4.78 is 61.0. The van der Waals surface area contributed by atoms with Crippen LogP contribution in [0.3, 0.4) is 0 Å². The number of aromatic nitrogens is 1. The first-order valence-electron chi connectivity index (χ1n) is 13.0. The molecule has 13 heteroatoms. The van der Waals surface area contributed by atoms with Crippen molar-refractivity contribution in [3.05, 3.63) is 66.1 Å². The number of nitrogens with zero attached hydrogens (tertiary/aromatic N) is 2. The SMILES string of the molecule is O=C(Nc1cc(N2CCC(O)CC2)cc(C(F)(F)F)c1)Nc1ccc(Oc2ccnc(NC(=O)C3CC3)c2)c(F)c1. The zero-order valence-electron chi connectivity index (χ0n) is 21.7. The second kappa shape index (κ2) is 11.6. The van der Waals surface area contributed by atoms with Gasteiger partial charge in [-0.1, -0.05) is 0 Å². The van der Waals surface area contributed by atoms with Gasteiger partial charge in [0.2, 0.25) is 5.91 Å². The maximum Gasteiger partial charge on any atom is 0.416 e. The van der Waals surface area contributed by atoms with Gasteiger partial charge in [-0.25, -0.2) is 14.2 Å². The molecule has 2 heterocycles. The van der Waals surface area contributed by atoms with Crippen molar-refractivity contribution in [1.29, 1.82) is 0 Å². The normalized spacial score (nSPS) is 15.8. The molecule has 3 amide bonds. The highest BCUT2D eigenvalue weighted by molar-refractivity contribution is 6.00. The summed E-state index contributed by atoms with van der Waals surface area (Å²) in [5.74, 6) is -0.622. The fourth-order valence-corrected chi connectivity index (χ4v) is 4.35. The average molecular weight is 574 g/mol. The number of amides is 3. The number of aliphatic hydroxyl groups is 1. The molecule has 5 rings (SSSR count). The summed E-state index contributed by atoms with van der Waals surface area (Å²) >= 11 is 0. The second-order valence-electron chi connectivity index (χ2n) is 9.95. The predicted molar refractivity (Wildman–Crippen MR) is 144 cm³/mol. The number of ether oxygens (including phenoxy) is 1. The van der Waals surface area contributed by atoms with Crippen molar-refractivity contribution in [3.63, 3.8) is 0 Å². The van der Waals surface area contributed by atoms with E-state index in [1.165, 1.54) is 36.5 Å². The Morgan fingerprint density at radius 1 is 0.927 bits per heavy atom. The van der Waals surface area contributed by atoms with Gasteiger partial charge in [0.15, 0.2) is 11.6 Å². The van der Waals surface area contributed by atoms with E-state index >= 15 is 0 Å². The second-order valence-corrected chi connectivity index (χ2v) is 9.95. The Balaban J connectivity index is 1.24. The van der Waals surface area contributed by atoms with Gasteiger partial charge >= 0.3 is 12.2 Å². The number of pyridine rings is 1. The van der Waals surface area contributed by atoms with Crippen LogP contribution >= 0.6 is 0 Å². The molecule has 0 unspecified atom stereocenters. The summed E-state index contributed by atoms with van der Waals surface area (Å²) in [6.45, 7) is 0.745. The highest BCUT2D eigenvalue weighted by atomic mass is 19.4. The molecular weight excluding hydrogens is 546 g/mol. The number of alkyl halides is 3. The van der Waals surface area contributed by atoms with Gasteiger partial charge in [-0.3, -0.25) is 4.79 Å². The molecule has 2 aliphatic rings. The third-order valence-electron chi connectivity index (χ3n) is 6.68. The summed E-state index contributed by atoms with van der Waals surface area (Å²) in [5, 5.41) is 17.2. The Kier molecular flexibility index (Phi) is 7.97. The maximum atomic E-state index is 14.8. The van der Waals surface area contributed by atoms with Gasteiger partial charge in [0, 0.05) is 54.4 Å². The molecule has 0 atom stereocenters.